The molecule has 2 aromatic heterocycles. The highest BCUT2D eigenvalue weighted by Crippen LogP contribution is 2.46. The maximum absolute atomic E-state index is 14.4. The lowest BCUT2D eigenvalue weighted by atomic mass is 10.0. The maximum atomic E-state index is 14.4. The van der Waals surface area contributed by atoms with Crippen molar-refractivity contribution in [1.29, 1.82) is 0 Å². The molecule has 3 N–H and O–H groups in total. The zero-order valence-electron chi connectivity index (χ0n) is 31.2. The molecular weight excluding hydrogens is 742 g/mol. The van der Waals surface area contributed by atoms with E-state index in [0.29, 0.717) is 65.8 Å². The first-order valence-electron chi connectivity index (χ1n) is 19.2. The smallest absolute Gasteiger partial charge is 0.259 e. The van der Waals surface area contributed by atoms with Crippen LogP contribution in [0.25, 0.3) is 33.3 Å². The Bertz CT molecular complexity index is 2380. The van der Waals surface area contributed by atoms with Crippen LogP contribution in [0.15, 0.2) is 65.1 Å². The second-order valence-electron chi connectivity index (χ2n) is 15.5. The third-order valence-corrected chi connectivity index (χ3v) is 13.0. The number of carbonyl (C=O) groups is 4. The zero-order valence-corrected chi connectivity index (χ0v) is 32.0. The number of nitrogens with zero attached hydrogens (tertiary/aromatic N) is 2. The highest BCUT2D eigenvalue weighted by Gasteiger charge is 2.62. The Kier molecular flexibility index (Phi) is 9.83. The van der Waals surface area contributed by atoms with E-state index < -0.39 is 74.4 Å². The molecule has 56 heavy (non-hydrogen) atoms. The second kappa shape index (κ2) is 14.6. The number of halogens is 1. The van der Waals surface area contributed by atoms with Crippen molar-refractivity contribution in [3.8, 4) is 17.0 Å². The Morgan fingerprint density at radius 2 is 1.84 bits per heavy atom. The summed E-state index contributed by atoms with van der Waals surface area (Å²) in [6.07, 6.45) is 7.46. The number of sulfonamides is 1. The van der Waals surface area contributed by atoms with E-state index in [2.05, 4.69) is 15.4 Å². The predicted molar refractivity (Wildman–Crippen MR) is 205 cm³/mol. The molecule has 1 saturated heterocycles. The monoisotopic (exact) mass is 785 g/mol. The molecular formula is C41H44FN5O8S. The standard InChI is InChI=1S/C41H44FN5O8S/c1-23-10-17-34-30(18-23)36-37(55-34)35(20-32(44-36)25-11-13-27(42)14-12-25)54-28-19-33-38(49)45-41(40(51)46-56(52,53)29-15-16-29)21-26(41)8-6-4-3-5-7-9-31(43-24(2)48)39(50)47(33)22-28/h6,8,10-14,17-18,20,26,28-29,31,33H,3-5,7,9,15-16,19,21-22H2,1-2H3,(H,43,48)(H,45,49)(H,46,51)/b8-6-/t26-,28-,31+,33+,41-/m1/s1. The first-order chi connectivity index (χ1) is 26.8. The molecule has 15 heteroatoms. The molecule has 0 spiro atoms. The molecule has 0 bridgehead atoms. The van der Waals surface area contributed by atoms with Crippen LogP contribution in [-0.2, 0) is 29.2 Å². The Labute approximate surface area is 323 Å². The van der Waals surface area contributed by atoms with Gasteiger partial charge in [-0.15, -0.1) is 0 Å². The van der Waals surface area contributed by atoms with Crippen LogP contribution in [-0.4, -0.2) is 77.5 Å². The number of hydrogen-bond acceptors (Lipinski definition) is 9. The molecule has 0 radical (unpaired) electrons. The van der Waals surface area contributed by atoms with Crippen LogP contribution in [0.1, 0.15) is 70.3 Å². The number of fused-ring (bicyclic) bond motifs is 5. The summed E-state index contributed by atoms with van der Waals surface area (Å²) in [4.78, 5) is 61.2. The van der Waals surface area contributed by atoms with Gasteiger partial charge in [0, 0.05) is 36.3 Å². The van der Waals surface area contributed by atoms with E-state index in [1.54, 1.807) is 18.2 Å². The third-order valence-electron chi connectivity index (χ3n) is 11.2. The first kappa shape index (κ1) is 37.6. The van der Waals surface area contributed by atoms with Crippen molar-refractivity contribution in [3.05, 3.63) is 72.1 Å². The van der Waals surface area contributed by atoms with Gasteiger partial charge in [0.05, 0.1) is 17.5 Å². The molecule has 4 aromatic rings. The van der Waals surface area contributed by atoms with E-state index in [9.17, 15) is 32.0 Å². The second-order valence-corrected chi connectivity index (χ2v) is 17.5. The summed E-state index contributed by atoms with van der Waals surface area (Å²) >= 11 is 0. The van der Waals surface area contributed by atoms with Crippen LogP contribution in [0.2, 0.25) is 0 Å². The number of pyridine rings is 1. The van der Waals surface area contributed by atoms with E-state index in [1.807, 2.05) is 37.3 Å². The van der Waals surface area contributed by atoms with Crippen LogP contribution in [0.4, 0.5) is 4.39 Å². The van der Waals surface area contributed by atoms with Crippen molar-refractivity contribution in [2.24, 2.45) is 5.92 Å². The minimum Gasteiger partial charge on any atom is -0.484 e. The van der Waals surface area contributed by atoms with Crippen molar-refractivity contribution in [1.82, 2.24) is 25.2 Å². The molecule has 13 nitrogen and oxygen atoms in total. The fourth-order valence-corrected chi connectivity index (χ4v) is 9.31. The maximum Gasteiger partial charge on any atom is 0.259 e. The van der Waals surface area contributed by atoms with Gasteiger partial charge in [0.2, 0.25) is 27.7 Å². The average molecular weight is 786 g/mol. The highest BCUT2D eigenvalue weighted by atomic mass is 32.2. The van der Waals surface area contributed by atoms with Crippen molar-refractivity contribution >= 4 is 55.7 Å². The largest absolute Gasteiger partial charge is 0.484 e. The number of aromatic nitrogens is 1. The fourth-order valence-electron chi connectivity index (χ4n) is 7.95. The Balaban J connectivity index is 1.15. The number of carbonyl (C=O) groups excluding carboxylic acids is 4. The molecule has 5 atom stereocenters. The summed E-state index contributed by atoms with van der Waals surface area (Å²) in [5.74, 6) is -2.84. The van der Waals surface area contributed by atoms with E-state index >= 15 is 0 Å². The van der Waals surface area contributed by atoms with E-state index in [0.717, 1.165) is 23.8 Å². The highest BCUT2D eigenvalue weighted by molar-refractivity contribution is 7.91. The number of nitrogens with one attached hydrogen (secondary N) is 3. The van der Waals surface area contributed by atoms with Gasteiger partial charge < -0.3 is 24.7 Å². The molecule has 2 aliphatic carbocycles. The summed E-state index contributed by atoms with van der Waals surface area (Å²) in [5, 5.41) is 5.76. The number of benzene rings is 2. The van der Waals surface area contributed by atoms with Gasteiger partial charge in [-0.25, -0.2) is 17.8 Å². The average Bonchev–Trinajstić information content (AvgIpc) is 4.06. The van der Waals surface area contributed by atoms with Gasteiger partial charge in [0.15, 0.2) is 11.3 Å². The van der Waals surface area contributed by atoms with Gasteiger partial charge >= 0.3 is 0 Å². The van der Waals surface area contributed by atoms with E-state index in [-0.39, 0.29) is 19.4 Å². The Morgan fingerprint density at radius 3 is 2.59 bits per heavy atom. The summed E-state index contributed by atoms with van der Waals surface area (Å²) in [6.45, 7) is 3.25. The number of allylic oxidation sites excluding steroid dienone is 1. The van der Waals surface area contributed by atoms with Gasteiger partial charge in [-0.2, -0.15) is 0 Å². The van der Waals surface area contributed by atoms with Crippen molar-refractivity contribution < 1.29 is 41.1 Å². The fraction of sp³-hybridized carbons (Fsp3) is 0.439. The zero-order chi connectivity index (χ0) is 39.4. The molecule has 4 aliphatic rings. The number of hydrogen-bond donors (Lipinski definition) is 3. The van der Waals surface area contributed by atoms with E-state index in [4.69, 9.17) is 14.1 Å². The number of amides is 4. The van der Waals surface area contributed by atoms with Crippen LogP contribution in [0.5, 0.6) is 5.75 Å². The van der Waals surface area contributed by atoms with Crippen LogP contribution < -0.4 is 20.1 Å². The summed E-state index contributed by atoms with van der Waals surface area (Å²) in [5.41, 5.74) is 2.04. The lowest BCUT2D eigenvalue weighted by molar-refractivity contribution is -0.142. The van der Waals surface area contributed by atoms with Crippen LogP contribution in [0, 0.1) is 18.7 Å². The summed E-state index contributed by atoms with van der Waals surface area (Å²) in [7, 11) is -3.91. The van der Waals surface area contributed by atoms with Crippen molar-refractivity contribution in [2.75, 3.05) is 6.54 Å². The number of furan rings is 1. The first-order valence-corrected chi connectivity index (χ1v) is 20.7. The number of ether oxygens (including phenoxy) is 1. The Hall–Kier alpha value is -5.31. The lowest BCUT2D eigenvalue weighted by Crippen LogP contribution is -2.58. The van der Waals surface area contributed by atoms with Crippen LogP contribution in [0.3, 0.4) is 0 Å². The number of aryl methyl sites for hydroxylation is 1. The normalized spacial score (nSPS) is 26.4. The van der Waals surface area contributed by atoms with Gasteiger partial charge in [0.25, 0.3) is 5.91 Å². The molecule has 4 heterocycles. The molecule has 294 valence electrons. The Morgan fingerprint density at radius 1 is 1.05 bits per heavy atom. The molecule has 4 amide bonds. The SMILES string of the molecule is CC(=O)N[C@H]1CCCCC/C=C\[C@@H]2C[C@@]2(C(=O)NS(=O)(=O)C2CC2)NC(=O)[C@@H]2C[C@@H](Oc3cc(-c4ccc(F)cc4)nc4c3oc3ccc(C)cc34)CN2C1=O. The van der Waals surface area contributed by atoms with E-state index in [1.165, 1.54) is 24.0 Å². The van der Waals surface area contributed by atoms with Gasteiger partial charge in [-0.3, -0.25) is 23.9 Å². The van der Waals surface area contributed by atoms with Crippen molar-refractivity contribution in [3.63, 3.8) is 0 Å². The third kappa shape index (κ3) is 7.48. The van der Waals surface area contributed by atoms with Crippen LogP contribution >= 0.6 is 0 Å². The summed E-state index contributed by atoms with van der Waals surface area (Å²) in [6, 6.07) is 11.3. The minimum atomic E-state index is -3.91. The topological polar surface area (TPSA) is 177 Å². The summed E-state index contributed by atoms with van der Waals surface area (Å²) < 4.78 is 54.8. The van der Waals surface area contributed by atoms with Crippen molar-refractivity contribution in [2.45, 2.75) is 101 Å². The van der Waals surface area contributed by atoms with Gasteiger partial charge in [-0.1, -0.05) is 36.6 Å². The minimum absolute atomic E-state index is 0.0119. The molecule has 2 aliphatic heterocycles. The van der Waals surface area contributed by atoms with Gasteiger partial charge in [0.1, 0.15) is 40.6 Å². The van der Waals surface area contributed by atoms with Gasteiger partial charge in [-0.05, 0) is 81.8 Å². The predicted octanol–water partition coefficient (Wildman–Crippen LogP) is 4.95. The molecule has 0 unspecified atom stereocenters. The molecule has 3 fully saturated rings. The molecule has 2 aromatic carbocycles. The molecule has 2 saturated carbocycles. The molecule has 8 rings (SSSR count). The lowest BCUT2D eigenvalue weighted by Gasteiger charge is -2.29. The quantitative estimate of drug-likeness (QED) is 0.219. The number of rotatable bonds is 7.